The van der Waals surface area contributed by atoms with E-state index in [2.05, 4.69) is 57.6 Å². The van der Waals surface area contributed by atoms with Crippen LogP contribution in [0.4, 0.5) is 0 Å². The van der Waals surface area contributed by atoms with Crippen LogP contribution in [0.1, 0.15) is 24.3 Å². The van der Waals surface area contributed by atoms with E-state index in [4.69, 9.17) is 18.3 Å². The summed E-state index contributed by atoms with van der Waals surface area (Å²) < 4.78 is 22.2. The fourth-order valence-electron chi connectivity index (χ4n) is 5.10. The molecular weight excluding hydrogens is 506 g/mol. The Morgan fingerprint density at radius 1 is 0.974 bits per heavy atom. The molecule has 0 radical (unpaired) electrons. The van der Waals surface area contributed by atoms with Gasteiger partial charge in [-0.3, -0.25) is 0 Å². The molecule has 1 aliphatic rings. The van der Waals surface area contributed by atoms with Crippen LogP contribution >= 0.6 is 12.4 Å². The van der Waals surface area contributed by atoms with Crippen LogP contribution in [-0.4, -0.2) is 59.7 Å². The second kappa shape index (κ2) is 11.4. The van der Waals surface area contributed by atoms with E-state index in [0.717, 1.165) is 31.3 Å². The first kappa shape index (κ1) is 26.0. The summed E-state index contributed by atoms with van der Waals surface area (Å²) in [4.78, 5) is 2.32. The fraction of sp³-hybridized carbons (Fsp3) is 0.310. The van der Waals surface area contributed by atoms with E-state index in [1.807, 2.05) is 18.2 Å². The van der Waals surface area contributed by atoms with Gasteiger partial charge in [-0.2, -0.15) is 0 Å². The molecule has 0 aliphatic carbocycles. The SMILES string of the molecule is COc1nnc(-c2cc3c(OC[C@@H](O)CN4CCC(c5ccc6ccccc6c5)CC4)cccc3o2)o1.Cl. The third kappa shape index (κ3) is 5.48. The largest absolute Gasteiger partial charge is 0.490 e. The molecule has 0 bridgehead atoms. The van der Waals surface area contributed by atoms with E-state index in [0.29, 0.717) is 29.6 Å². The molecule has 0 amide bonds. The molecule has 3 aromatic carbocycles. The van der Waals surface area contributed by atoms with Gasteiger partial charge in [-0.15, -0.1) is 17.5 Å². The Morgan fingerprint density at radius 2 is 1.79 bits per heavy atom. The maximum absolute atomic E-state index is 10.7. The first-order chi connectivity index (χ1) is 18.2. The number of hydrogen-bond acceptors (Lipinski definition) is 8. The topological polar surface area (TPSA) is 94.0 Å². The number of furan rings is 1. The minimum atomic E-state index is -0.598. The molecule has 0 saturated carbocycles. The van der Waals surface area contributed by atoms with Gasteiger partial charge in [0.1, 0.15) is 24.0 Å². The molecule has 198 valence electrons. The molecule has 2 aromatic heterocycles. The standard InChI is InChI=1S/C29H29N3O5.ClH/c1-34-29-31-30-28(37-29)27-16-24-25(7-4-8-26(24)36-27)35-18-23(33)17-32-13-11-20(12-14-32)22-10-9-19-5-2-3-6-21(19)15-22;/h2-10,15-16,20,23,33H,11-14,17-18H2,1H3;1H/t23-;/m0./s1. The first-order valence-electron chi connectivity index (χ1n) is 12.6. The number of fused-ring (bicyclic) bond motifs is 2. The van der Waals surface area contributed by atoms with E-state index in [-0.39, 0.29) is 31.0 Å². The van der Waals surface area contributed by atoms with Crippen LogP contribution in [0.15, 0.2) is 75.6 Å². The number of rotatable bonds is 8. The van der Waals surface area contributed by atoms with Crippen LogP contribution < -0.4 is 9.47 Å². The highest BCUT2D eigenvalue weighted by atomic mass is 35.5. The van der Waals surface area contributed by atoms with Gasteiger partial charge in [0, 0.05) is 12.6 Å². The second-order valence-electron chi connectivity index (χ2n) is 9.50. The highest BCUT2D eigenvalue weighted by Gasteiger charge is 2.23. The van der Waals surface area contributed by atoms with E-state index in [9.17, 15) is 5.11 Å². The number of methoxy groups -OCH3 is 1. The van der Waals surface area contributed by atoms with Gasteiger partial charge < -0.3 is 28.3 Å². The Hall–Kier alpha value is -3.59. The Labute approximate surface area is 226 Å². The monoisotopic (exact) mass is 535 g/mol. The number of hydrogen-bond donors (Lipinski definition) is 1. The number of piperidine rings is 1. The predicted molar refractivity (Wildman–Crippen MR) is 147 cm³/mol. The third-order valence-electron chi connectivity index (χ3n) is 7.05. The number of benzene rings is 3. The van der Waals surface area contributed by atoms with Crippen LogP contribution in [0.3, 0.4) is 0 Å². The van der Waals surface area contributed by atoms with E-state index >= 15 is 0 Å². The summed E-state index contributed by atoms with van der Waals surface area (Å²) >= 11 is 0. The molecule has 1 N–H and O–H groups in total. The van der Waals surface area contributed by atoms with Crippen molar-refractivity contribution in [3.8, 4) is 23.5 Å². The van der Waals surface area contributed by atoms with Crippen molar-refractivity contribution in [3.63, 3.8) is 0 Å². The summed E-state index contributed by atoms with van der Waals surface area (Å²) in [5, 5.41) is 21.8. The molecule has 1 atom stereocenters. The average Bonchev–Trinajstić information content (AvgIpc) is 3.59. The number of likely N-dealkylation sites (tertiary alicyclic amines) is 1. The molecule has 8 nitrogen and oxygen atoms in total. The number of aliphatic hydroxyl groups excluding tert-OH is 1. The number of ether oxygens (including phenoxy) is 2. The maximum Gasteiger partial charge on any atom is 0.414 e. The van der Waals surface area contributed by atoms with E-state index in [1.54, 1.807) is 6.07 Å². The summed E-state index contributed by atoms with van der Waals surface area (Å²) in [5.74, 6) is 1.84. The first-order valence-corrected chi connectivity index (χ1v) is 12.6. The zero-order chi connectivity index (χ0) is 25.2. The lowest BCUT2D eigenvalue weighted by Gasteiger charge is -2.33. The van der Waals surface area contributed by atoms with Gasteiger partial charge in [-0.25, -0.2) is 0 Å². The summed E-state index contributed by atoms with van der Waals surface area (Å²) in [7, 11) is 1.46. The van der Waals surface area contributed by atoms with Crippen LogP contribution in [-0.2, 0) is 0 Å². The zero-order valence-corrected chi connectivity index (χ0v) is 21.9. The summed E-state index contributed by atoms with van der Waals surface area (Å²) in [6, 6.07) is 22.7. The summed E-state index contributed by atoms with van der Waals surface area (Å²) in [6.45, 7) is 2.70. The number of nitrogens with zero attached hydrogens (tertiary/aromatic N) is 3. The number of aliphatic hydroxyl groups is 1. The van der Waals surface area contributed by atoms with Crippen molar-refractivity contribution < 1.29 is 23.4 Å². The molecular formula is C29H30ClN3O5. The number of aromatic nitrogens is 2. The lowest BCUT2D eigenvalue weighted by atomic mass is 9.88. The molecule has 0 unspecified atom stereocenters. The summed E-state index contributed by atoms with van der Waals surface area (Å²) in [6.07, 6.45) is 1.64. The van der Waals surface area contributed by atoms with Gasteiger partial charge >= 0.3 is 6.08 Å². The highest BCUT2D eigenvalue weighted by molar-refractivity contribution is 5.87. The molecule has 1 fully saturated rings. The van der Waals surface area contributed by atoms with Gasteiger partial charge in [-0.05, 0) is 60.3 Å². The molecule has 1 aliphatic heterocycles. The molecule has 6 rings (SSSR count). The average molecular weight is 536 g/mol. The minimum absolute atomic E-state index is 0. The molecule has 1 saturated heterocycles. The van der Waals surface area contributed by atoms with Gasteiger partial charge in [0.05, 0.1) is 12.5 Å². The molecule has 5 aromatic rings. The Morgan fingerprint density at radius 3 is 2.58 bits per heavy atom. The van der Waals surface area contributed by atoms with Crippen molar-refractivity contribution in [2.24, 2.45) is 0 Å². The summed E-state index contributed by atoms with van der Waals surface area (Å²) in [5.41, 5.74) is 2.05. The normalized spacial score (nSPS) is 15.4. The number of halogens is 1. The highest BCUT2D eigenvalue weighted by Crippen LogP contribution is 2.34. The van der Waals surface area contributed by atoms with Crippen LogP contribution in [0.2, 0.25) is 0 Å². The van der Waals surface area contributed by atoms with Gasteiger partial charge in [0.25, 0.3) is 5.89 Å². The molecule has 9 heteroatoms. The van der Waals surface area contributed by atoms with Crippen molar-refractivity contribution in [3.05, 3.63) is 72.3 Å². The quantitative estimate of drug-likeness (QED) is 0.271. The van der Waals surface area contributed by atoms with Crippen molar-refractivity contribution in [1.29, 1.82) is 0 Å². The fourth-order valence-corrected chi connectivity index (χ4v) is 5.10. The molecule has 38 heavy (non-hydrogen) atoms. The van der Waals surface area contributed by atoms with Crippen molar-refractivity contribution in [2.75, 3.05) is 33.4 Å². The third-order valence-corrected chi connectivity index (χ3v) is 7.05. The van der Waals surface area contributed by atoms with E-state index in [1.165, 1.54) is 23.4 Å². The Kier molecular flexibility index (Phi) is 7.83. The van der Waals surface area contributed by atoms with Gasteiger partial charge in [-0.1, -0.05) is 53.6 Å². The van der Waals surface area contributed by atoms with Crippen LogP contribution in [0, 0.1) is 0 Å². The predicted octanol–water partition coefficient (Wildman–Crippen LogP) is 5.69. The van der Waals surface area contributed by atoms with Crippen LogP contribution in [0.5, 0.6) is 11.8 Å². The van der Waals surface area contributed by atoms with Crippen LogP contribution in [0.25, 0.3) is 33.4 Å². The Bertz CT molecular complexity index is 1510. The van der Waals surface area contributed by atoms with Gasteiger partial charge in [0.15, 0.2) is 5.76 Å². The maximum atomic E-state index is 10.7. The molecule has 3 heterocycles. The smallest absolute Gasteiger partial charge is 0.414 e. The van der Waals surface area contributed by atoms with Crippen molar-refractivity contribution in [2.45, 2.75) is 24.9 Å². The van der Waals surface area contributed by atoms with E-state index < -0.39 is 6.10 Å². The Balaban J connectivity index is 0.00000294. The van der Waals surface area contributed by atoms with Crippen molar-refractivity contribution >= 4 is 34.1 Å². The minimum Gasteiger partial charge on any atom is -0.490 e. The molecule has 0 spiro atoms. The van der Waals surface area contributed by atoms with Gasteiger partial charge in [0.2, 0.25) is 0 Å². The van der Waals surface area contributed by atoms with Crippen molar-refractivity contribution in [1.82, 2.24) is 15.1 Å². The lowest BCUT2D eigenvalue weighted by molar-refractivity contribution is 0.0599. The zero-order valence-electron chi connectivity index (χ0n) is 21.1. The number of β-amino-alcohol motifs (C(OH)–C–C–N with tert-alkyl or cyclic N) is 1. The lowest BCUT2D eigenvalue weighted by Crippen LogP contribution is -2.40. The second-order valence-corrected chi connectivity index (χ2v) is 9.50.